The summed E-state index contributed by atoms with van der Waals surface area (Å²) in [6.45, 7) is 2.88. The zero-order valence-corrected chi connectivity index (χ0v) is 14.1. The second-order valence-corrected chi connectivity index (χ2v) is 6.05. The maximum atomic E-state index is 12.6. The van der Waals surface area contributed by atoms with E-state index in [1.807, 2.05) is 0 Å². The number of anilines is 2. The molecule has 1 N–H and O–H groups in total. The molecular formula is C18H18N4O4. The average Bonchev–Trinajstić information content (AvgIpc) is 3.16. The minimum Gasteiger partial charge on any atom is -0.454 e. The Hall–Kier alpha value is -3.29. The first-order chi connectivity index (χ1) is 12.7. The van der Waals surface area contributed by atoms with Crippen molar-refractivity contribution in [1.82, 2.24) is 9.88 Å². The van der Waals surface area contributed by atoms with E-state index in [1.165, 1.54) is 0 Å². The molecule has 4 rings (SSSR count). The predicted molar refractivity (Wildman–Crippen MR) is 94.6 cm³/mol. The van der Waals surface area contributed by atoms with Gasteiger partial charge in [-0.15, -0.1) is 0 Å². The molecular weight excluding hydrogens is 336 g/mol. The molecule has 3 heterocycles. The Morgan fingerprint density at radius 1 is 1.08 bits per heavy atom. The third kappa shape index (κ3) is 3.26. The number of pyridine rings is 1. The SMILES string of the molecule is O=CN1CCN(c2cc(C(=O)Nc3ccc4c(c3)OCO4)ccn2)CC1. The second-order valence-electron chi connectivity index (χ2n) is 6.05. The van der Waals surface area contributed by atoms with Crippen LogP contribution in [0.3, 0.4) is 0 Å². The van der Waals surface area contributed by atoms with Gasteiger partial charge in [-0.1, -0.05) is 0 Å². The molecule has 0 bridgehead atoms. The Morgan fingerprint density at radius 3 is 2.69 bits per heavy atom. The molecule has 0 radical (unpaired) electrons. The van der Waals surface area contributed by atoms with Crippen molar-refractivity contribution >= 4 is 23.8 Å². The summed E-state index contributed by atoms with van der Waals surface area (Å²) in [5.41, 5.74) is 1.16. The molecule has 2 aliphatic heterocycles. The summed E-state index contributed by atoms with van der Waals surface area (Å²) in [5.74, 6) is 1.79. The lowest BCUT2D eigenvalue weighted by Crippen LogP contribution is -2.46. The highest BCUT2D eigenvalue weighted by Crippen LogP contribution is 2.34. The van der Waals surface area contributed by atoms with Gasteiger partial charge in [-0.25, -0.2) is 4.98 Å². The Balaban J connectivity index is 1.46. The van der Waals surface area contributed by atoms with Gasteiger partial charge in [0.1, 0.15) is 5.82 Å². The van der Waals surface area contributed by atoms with E-state index in [-0.39, 0.29) is 12.7 Å². The van der Waals surface area contributed by atoms with Gasteiger partial charge in [0, 0.05) is 49.7 Å². The third-order valence-corrected chi connectivity index (χ3v) is 4.43. The van der Waals surface area contributed by atoms with E-state index < -0.39 is 0 Å². The highest BCUT2D eigenvalue weighted by atomic mass is 16.7. The van der Waals surface area contributed by atoms with Crippen LogP contribution in [0.15, 0.2) is 36.5 Å². The van der Waals surface area contributed by atoms with Gasteiger partial charge in [0.05, 0.1) is 0 Å². The molecule has 134 valence electrons. The lowest BCUT2D eigenvalue weighted by atomic mass is 10.2. The van der Waals surface area contributed by atoms with Crippen molar-refractivity contribution < 1.29 is 19.1 Å². The largest absolute Gasteiger partial charge is 0.454 e. The Morgan fingerprint density at radius 2 is 1.88 bits per heavy atom. The summed E-state index contributed by atoms with van der Waals surface area (Å²) in [7, 11) is 0. The number of nitrogens with zero attached hydrogens (tertiary/aromatic N) is 3. The summed E-state index contributed by atoms with van der Waals surface area (Å²) in [6, 6.07) is 8.71. The lowest BCUT2D eigenvalue weighted by molar-refractivity contribution is -0.118. The maximum absolute atomic E-state index is 12.6. The number of ether oxygens (including phenoxy) is 2. The summed E-state index contributed by atoms with van der Waals surface area (Å²) in [6.07, 6.45) is 2.48. The van der Waals surface area contributed by atoms with Crippen molar-refractivity contribution in [2.75, 3.05) is 43.2 Å². The number of benzene rings is 1. The zero-order chi connectivity index (χ0) is 17.9. The minimum absolute atomic E-state index is 0.192. The number of aromatic nitrogens is 1. The number of hydrogen-bond donors (Lipinski definition) is 1. The number of nitrogens with one attached hydrogen (secondary N) is 1. The normalized spacial score (nSPS) is 15.7. The van der Waals surface area contributed by atoms with E-state index in [4.69, 9.17) is 9.47 Å². The van der Waals surface area contributed by atoms with E-state index in [0.717, 1.165) is 12.2 Å². The number of piperazine rings is 1. The molecule has 2 aliphatic rings. The van der Waals surface area contributed by atoms with Gasteiger partial charge in [-0.2, -0.15) is 0 Å². The Kier molecular flexibility index (Phi) is 4.30. The highest BCUT2D eigenvalue weighted by molar-refractivity contribution is 6.04. The van der Waals surface area contributed by atoms with Crippen molar-refractivity contribution in [2.24, 2.45) is 0 Å². The van der Waals surface area contributed by atoms with Crippen molar-refractivity contribution in [3.8, 4) is 11.5 Å². The first-order valence-corrected chi connectivity index (χ1v) is 8.34. The Bertz CT molecular complexity index is 834. The molecule has 0 saturated carbocycles. The van der Waals surface area contributed by atoms with Crippen LogP contribution in [0.1, 0.15) is 10.4 Å². The fourth-order valence-electron chi connectivity index (χ4n) is 2.97. The van der Waals surface area contributed by atoms with E-state index in [2.05, 4.69) is 15.2 Å². The molecule has 2 aromatic rings. The van der Waals surface area contributed by atoms with Gasteiger partial charge < -0.3 is 24.6 Å². The Labute approximate surface area is 150 Å². The highest BCUT2D eigenvalue weighted by Gasteiger charge is 2.18. The molecule has 8 nitrogen and oxygen atoms in total. The summed E-state index contributed by atoms with van der Waals surface area (Å²) >= 11 is 0. The first-order valence-electron chi connectivity index (χ1n) is 8.34. The van der Waals surface area contributed by atoms with E-state index in [0.29, 0.717) is 48.9 Å². The zero-order valence-electron chi connectivity index (χ0n) is 14.1. The molecule has 8 heteroatoms. The quantitative estimate of drug-likeness (QED) is 0.835. The van der Waals surface area contributed by atoms with Crippen LogP contribution in [0.25, 0.3) is 0 Å². The van der Waals surface area contributed by atoms with Gasteiger partial charge >= 0.3 is 0 Å². The first kappa shape index (κ1) is 16.2. The monoisotopic (exact) mass is 354 g/mol. The van der Waals surface area contributed by atoms with E-state index >= 15 is 0 Å². The lowest BCUT2D eigenvalue weighted by Gasteiger charge is -2.33. The molecule has 0 spiro atoms. The number of rotatable bonds is 4. The van der Waals surface area contributed by atoms with Crippen LogP contribution in [0.4, 0.5) is 11.5 Å². The third-order valence-electron chi connectivity index (χ3n) is 4.43. The number of carbonyl (C=O) groups is 2. The van der Waals surface area contributed by atoms with Crippen molar-refractivity contribution in [1.29, 1.82) is 0 Å². The molecule has 1 aromatic heterocycles. The van der Waals surface area contributed by atoms with Gasteiger partial charge in [0.2, 0.25) is 13.2 Å². The van der Waals surface area contributed by atoms with Crippen molar-refractivity contribution in [2.45, 2.75) is 0 Å². The number of amides is 2. The molecule has 1 aromatic carbocycles. The van der Waals surface area contributed by atoms with Crippen LogP contribution in [0, 0.1) is 0 Å². The maximum Gasteiger partial charge on any atom is 0.255 e. The summed E-state index contributed by atoms with van der Waals surface area (Å²) < 4.78 is 10.6. The van der Waals surface area contributed by atoms with Gasteiger partial charge in [0.25, 0.3) is 5.91 Å². The molecule has 26 heavy (non-hydrogen) atoms. The topological polar surface area (TPSA) is 84.0 Å². The van der Waals surface area contributed by atoms with Gasteiger partial charge in [-0.3, -0.25) is 9.59 Å². The van der Waals surface area contributed by atoms with Crippen LogP contribution in [-0.4, -0.2) is 55.2 Å². The molecule has 2 amide bonds. The molecule has 1 saturated heterocycles. The molecule has 0 atom stereocenters. The van der Waals surface area contributed by atoms with Gasteiger partial charge in [0.15, 0.2) is 11.5 Å². The summed E-state index contributed by atoms with van der Waals surface area (Å²) in [4.78, 5) is 31.5. The van der Waals surface area contributed by atoms with E-state index in [1.54, 1.807) is 41.4 Å². The number of hydrogen-bond acceptors (Lipinski definition) is 6. The van der Waals surface area contributed by atoms with Crippen LogP contribution in [0.5, 0.6) is 11.5 Å². The molecule has 0 unspecified atom stereocenters. The minimum atomic E-state index is -0.223. The average molecular weight is 354 g/mol. The number of fused-ring (bicyclic) bond motifs is 1. The smallest absolute Gasteiger partial charge is 0.255 e. The molecule has 1 fully saturated rings. The molecule has 0 aliphatic carbocycles. The van der Waals surface area contributed by atoms with Gasteiger partial charge in [-0.05, 0) is 24.3 Å². The second kappa shape index (κ2) is 6.91. The standard InChI is InChI=1S/C18H18N4O4/c23-11-21-5-7-22(8-6-21)17-9-13(3-4-19-17)18(24)20-14-1-2-15-16(10-14)26-12-25-15/h1-4,9-11H,5-8,12H2,(H,20,24). The fraction of sp³-hybridized carbons (Fsp3) is 0.278. The van der Waals surface area contributed by atoms with Crippen LogP contribution >= 0.6 is 0 Å². The van der Waals surface area contributed by atoms with E-state index in [9.17, 15) is 9.59 Å². The predicted octanol–water partition coefficient (Wildman–Crippen LogP) is 1.34. The van der Waals surface area contributed by atoms with Crippen LogP contribution in [-0.2, 0) is 4.79 Å². The summed E-state index contributed by atoms with van der Waals surface area (Å²) in [5, 5.41) is 2.86. The van der Waals surface area contributed by atoms with Crippen molar-refractivity contribution in [3.05, 3.63) is 42.1 Å². The van der Waals surface area contributed by atoms with Crippen molar-refractivity contribution in [3.63, 3.8) is 0 Å². The number of carbonyl (C=O) groups excluding carboxylic acids is 2. The van der Waals surface area contributed by atoms with Crippen LogP contribution < -0.4 is 19.7 Å². The fourth-order valence-corrected chi connectivity index (χ4v) is 2.97. The van der Waals surface area contributed by atoms with Crippen LogP contribution in [0.2, 0.25) is 0 Å².